The molecule has 1 unspecified atom stereocenters. The number of tetrazole rings is 1. The highest BCUT2D eigenvalue weighted by Gasteiger charge is 2.16. The molecule has 0 aliphatic rings. The first kappa shape index (κ1) is 14.0. The molecule has 0 amide bonds. The van der Waals surface area contributed by atoms with Crippen LogP contribution in [0, 0.1) is 5.92 Å². The molecule has 1 heterocycles. The molecule has 5 nitrogen and oxygen atoms in total. The molecule has 1 atom stereocenters. The van der Waals surface area contributed by atoms with Crippen LogP contribution in [0.4, 0.5) is 0 Å². The number of hydrogen-bond acceptors (Lipinski definition) is 4. The smallest absolute Gasteiger partial charge is 0.173 e. The topological polar surface area (TPSA) is 55.6 Å². The van der Waals surface area contributed by atoms with Gasteiger partial charge in [0.15, 0.2) is 5.82 Å². The summed E-state index contributed by atoms with van der Waals surface area (Å²) in [5.74, 6) is 1.33. The normalized spacial score (nSPS) is 12.9. The Morgan fingerprint density at radius 3 is 2.68 bits per heavy atom. The molecule has 1 aromatic carbocycles. The van der Waals surface area contributed by atoms with E-state index >= 15 is 0 Å². The van der Waals surface area contributed by atoms with Crippen LogP contribution in [0.15, 0.2) is 24.3 Å². The lowest BCUT2D eigenvalue weighted by molar-refractivity contribution is 0.475. The van der Waals surface area contributed by atoms with Gasteiger partial charge in [-0.25, -0.2) is 0 Å². The molecule has 0 aliphatic heterocycles. The second-order valence-electron chi connectivity index (χ2n) is 4.92. The molecule has 1 N–H and O–H groups in total. The zero-order valence-electron chi connectivity index (χ0n) is 11.3. The number of aromatic nitrogens is 4. The third-order valence-electron chi connectivity index (χ3n) is 2.79. The highest BCUT2D eigenvalue weighted by atomic mass is 35.5. The summed E-state index contributed by atoms with van der Waals surface area (Å²) in [6, 6.07) is 7.59. The van der Waals surface area contributed by atoms with Gasteiger partial charge in [-0.05, 0) is 41.9 Å². The Morgan fingerprint density at radius 1 is 1.26 bits per heavy atom. The Kier molecular flexibility index (Phi) is 4.50. The van der Waals surface area contributed by atoms with Crippen molar-refractivity contribution in [1.29, 1.82) is 0 Å². The Balaban J connectivity index is 2.25. The van der Waals surface area contributed by atoms with Crippen molar-refractivity contribution in [2.45, 2.75) is 26.8 Å². The van der Waals surface area contributed by atoms with Gasteiger partial charge < -0.3 is 5.32 Å². The maximum absolute atomic E-state index is 6.18. The summed E-state index contributed by atoms with van der Waals surface area (Å²) in [6.45, 7) is 7.28. The zero-order chi connectivity index (χ0) is 13.8. The van der Waals surface area contributed by atoms with E-state index in [0.29, 0.717) is 10.9 Å². The molecule has 0 radical (unpaired) electrons. The number of halogens is 1. The van der Waals surface area contributed by atoms with E-state index in [-0.39, 0.29) is 6.04 Å². The van der Waals surface area contributed by atoms with Crippen molar-refractivity contribution in [2.24, 2.45) is 5.92 Å². The molecule has 19 heavy (non-hydrogen) atoms. The lowest BCUT2D eigenvalue weighted by Gasteiger charge is -2.15. The van der Waals surface area contributed by atoms with Crippen molar-refractivity contribution < 1.29 is 0 Å². The van der Waals surface area contributed by atoms with Gasteiger partial charge in [-0.2, -0.15) is 4.68 Å². The average Bonchev–Trinajstić information content (AvgIpc) is 2.85. The maximum atomic E-state index is 6.18. The number of nitrogens with one attached hydrogen (secondary N) is 1. The fourth-order valence-corrected chi connectivity index (χ4v) is 1.98. The van der Waals surface area contributed by atoms with Gasteiger partial charge in [0, 0.05) is 0 Å². The fraction of sp³-hybridized carbons (Fsp3) is 0.462. The van der Waals surface area contributed by atoms with Crippen molar-refractivity contribution in [1.82, 2.24) is 25.5 Å². The van der Waals surface area contributed by atoms with Crippen LogP contribution in [0.25, 0.3) is 5.69 Å². The van der Waals surface area contributed by atoms with Crippen LogP contribution in [0.1, 0.15) is 32.6 Å². The second kappa shape index (κ2) is 6.12. The van der Waals surface area contributed by atoms with E-state index in [4.69, 9.17) is 11.6 Å². The summed E-state index contributed by atoms with van der Waals surface area (Å²) in [5, 5.41) is 15.9. The number of benzene rings is 1. The van der Waals surface area contributed by atoms with E-state index in [9.17, 15) is 0 Å². The van der Waals surface area contributed by atoms with Gasteiger partial charge in [0.2, 0.25) is 0 Å². The van der Waals surface area contributed by atoms with Crippen LogP contribution in [0.3, 0.4) is 0 Å². The van der Waals surface area contributed by atoms with Crippen molar-refractivity contribution in [3.63, 3.8) is 0 Å². The maximum Gasteiger partial charge on any atom is 0.173 e. The highest BCUT2D eigenvalue weighted by Crippen LogP contribution is 2.21. The molecule has 2 aromatic rings. The average molecular weight is 280 g/mol. The summed E-state index contributed by atoms with van der Waals surface area (Å²) in [7, 11) is 0. The summed E-state index contributed by atoms with van der Waals surface area (Å²) < 4.78 is 1.68. The van der Waals surface area contributed by atoms with Crippen LogP contribution in [0.5, 0.6) is 0 Å². The standard InChI is InChI=1S/C13H18ClN5/c1-9(2)8-15-10(3)13-16-17-18-19(13)12-7-5-4-6-11(12)14/h4-7,9-10,15H,8H2,1-3H3. The largest absolute Gasteiger partial charge is 0.307 e. The van der Waals surface area contributed by atoms with Gasteiger partial charge in [-0.1, -0.05) is 37.6 Å². The van der Waals surface area contributed by atoms with Gasteiger partial charge in [-0.15, -0.1) is 5.10 Å². The van der Waals surface area contributed by atoms with Crippen LogP contribution < -0.4 is 5.32 Å². The van der Waals surface area contributed by atoms with Crippen LogP contribution >= 0.6 is 11.6 Å². The van der Waals surface area contributed by atoms with Crippen molar-refractivity contribution in [3.8, 4) is 5.69 Å². The molecule has 2 rings (SSSR count). The molecule has 0 bridgehead atoms. The minimum Gasteiger partial charge on any atom is -0.307 e. The Labute approximate surface area is 118 Å². The summed E-state index contributed by atoms with van der Waals surface area (Å²) in [5.41, 5.74) is 0.794. The molecular weight excluding hydrogens is 262 g/mol. The first-order valence-electron chi connectivity index (χ1n) is 6.36. The van der Waals surface area contributed by atoms with Gasteiger partial charge >= 0.3 is 0 Å². The van der Waals surface area contributed by atoms with Crippen LogP contribution in [-0.4, -0.2) is 26.8 Å². The van der Waals surface area contributed by atoms with E-state index in [1.807, 2.05) is 31.2 Å². The first-order chi connectivity index (χ1) is 9.09. The molecule has 6 heteroatoms. The van der Waals surface area contributed by atoms with E-state index < -0.39 is 0 Å². The molecule has 102 valence electrons. The SMILES string of the molecule is CC(C)CNC(C)c1nnnn1-c1ccccc1Cl. The van der Waals surface area contributed by atoms with E-state index in [0.717, 1.165) is 18.1 Å². The third kappa shape index (κ3) is 3.30. The number of rotatable bonds is 5. The molecule has 0 spiro atoms. The lowest BCUT2D eigenvalue weighted by atomic mass is 10.2. The molecule has 0 fully saturated rings. The number of nitrogens with zero attached hydrogens (tertiary/aromatic N) is 4. The summed E-state index contributed by atoms with van der Waals surface area (Å²) >= 11 is 6.18. The number of para-hydroxylation sites is 1. The molecule has 0 saturated carbocycles. The van der Waals surface area contributed by atoms with Gasteiger partial charge in [0.1, 0.15) is 0 Å². The lowest BCUT2D eigenvalue weighted by Crippen LogP contribution is -2.25. The van der Waals surface area contributed by atoms with Crippen molar-refractivity contribution in [3.05, 3.63) is 35.1 Å². The van der Waals surface area contributed by atoms with Crippen LogP contribution in [-0.2, 0) is 0 Å². The Bertz CT molecular complexity index is 537. The summed E-state index contributed by atoms with van der Waals surface area (Å²) in [4.78, 5) is 0. The van der Waals surface area contributed by atoms with E-state index in [1.54, 1.807) is 4.68 Å². The van der Waals surface area contributed by atoms with Gasteiger partial charge in [0.05, 0.1) is 16.8 Å². The first-order valence-corrected chi connectivity index (χ1v) is 6.74. The van der Waals surface area contributed by atoms with Crippen molar-refractivity contribution in [2.75, 3.05) is 6.54 Å². The quantitative estimate of drug-likeness (QED) is 0.914. The molecular formula is C13H18ClN5. The molecule has 1 aromatic heterocycles. The minimum atomic E-state index is 0.0636. The molecule has 0 saturated heterocycles. The zero-order valence-corrected chi connectivity index (χ0v) is 12.1. The van der Waals surface area contributed by atoms with E-state index in [1.165, 1.54) is 0 Å². The molecule has 0 aliphatic carbocycles. The Morgan fingerprint density at radius 2 is 2.00 bits per heavy atom. The summed E-state index contributed by atoms with van der Waals surface area (Å²) in [6.07, 6.45) is 0. The van der Waals surface area contributed by atoms with Gasteiger partial charge in [0.25, 0.3) is 0 Å². The van der Waals surface area contributed by atoms with E-state index in [2.05, 4.69) is 34.7 Å². The second-order valence-corrected chi connectivity index (χ2v) is 5.33. The monoisotopic (exact) mass is 279 g/mol. The van der Waals surface area contributed by atoms with Gasteiger partial charge in [-0.3, -0.25) is 0 Å². The van der Waals surface area contributed by atoms with Crippen molar-refractivity contribution >= 4 is 11.6 Å². The fourth-order valence-electron chi connectivity index (χ4n) is 1.76. The third-order valence-corrected chi connectivity index (χ3v) is 3.11. The Hall–Kier alpha value is -1.46. The predicted molar refractivity (Wildman–Crippen MR) is 75.4 cm³/mol. The predicted octanol–water partition coefficient (Wildman–Crippen LogP) is 2.62. The minimum absolute atomic E-state index is 0.0636. The number of hydrogen-bond donors (Lipinski definition) is 1. The highest BCUT2D eigenvalue weighted by molar-refractivity contribution is 6.32. The van der Waals surface area contributed by atoms with Crippen LogP contribution in [0.2, 0.25) is 5.02 Å².